The van der Waals surface area contributed by atoms with Crippen LogP contribution in [0.15, 0.2) is 25.3 Å². The quantitative estimate of drug-likeness (QED) is 0.0191. The summed E-state index contributed by atoms with van der Waals surface area (Å²) in [6.45, 7) is 30.2. The standard InChI is InChI=1S/C47H84N4O14Si2/c1-13-38(52)59-22-24-63-42(56)50-36-28-44(3,4)32-46(7,30-36)34-48-40(54)61-19-15-16-26-66(9,10)65-67(11,12)27-17-18-58-20-21-62-41(55)49-35-47(8)31-37(29-45(5,6)33-47)51-43(57)64-25-23-60-39(53)14-2/h13-14,36-37H,1-2,15-35H2,3-12H3,(H,48,54)(H,49,55)(H,50,56)(H,51,57). The molecule has 4 unspecified atom stereocenters. The third kappa shape index (κ3) is 26.3. The van der Waals surface area contributed by atoms with E-state index in [0.29, 0.717) is 39.1 Å². The SMILES string of the molecule is C=CC(=O)OCCOC(=O)NC1CC(C)(C)CC(C)(CNC(=O)OCCCC[Si](C)(C)O[Si](C)(C)CCCOCCOC(=O)NCC2(C)CC(NC(=O)OCCOC(=O)C=C)CC(C)(C)C2)C1. The number of amides is 4. The number of hydrogen-bond acceptors (Lipinski definition) is 14. The molecule has 4 atom stereocenters. The first kappa shape index (κ1) is 59.0. The maximum absolute atomic E-state index is 12.7. The van der Waals surface area contributed by atoms with Crippen molar-refractivity contribution in [2.24, 2.45) is 21.7 Å². The summed E-state index contributed by atoms with van der Waals surface area (Å²) in [5, 5.41) is 11.7. The summed E-state index contributed by atoms with van der Waals surface area (Å²) in [7, 11) is -3.93. The molecule has 20 heteroatoms. The van der Waals surface area contributed by atoms with E-state index in [0.717, 1.165) is 69.2 Å². The maximum atomic E-state index is 12.7. The zero-order valence-corrected chi connectivity index (χ0v) is 44.3. The molecule has 0 saturated heterocycles. The van der Waals surface area contributed by atoms with Gasteiger partial charge in [0.25, 0.3) is 0 Å². The number of alkyl carbamates (subject to hydrolysis) is 4. The molecule has 0 radical (unpaired) electrons. The van der Waals surface area contributed by atoms with E-state index in [1.807, 2.05) is 0 Å². The molecule has 0 bridgehead atoms. The van der Waals surface area contributed by atoms with Gasteiger partial charge >= 0.3 is 36.3 Å². The van der Waals surface area contributed by atoms with Crippen molar-refractivity contribution < 1.29 is 66.0 Å². The Hall–Kier alpha value is -4.15. The van der Waals surface area contributed by atoms with Crippen molar-refractivity contribution in [3.05, 3.63) is 25.3 Å². The lowest BCUT2D eigenvalue weighted by Crippen LogP contribution is -2.50. The minimum absolute atomic E-state index is 0.0518. The predicted molar refractivity (Wildman–Crippen MR) is 259 cm³/mol. The highest BCUT2D eigenvalue weighted by molar-refractivity contribution is 6.84. The fraction of sp³-hybridized carbons (Fsp3) is 0.787. The largest absolute Gasteiger partial charge is 0.459 e. The number of nitrogens with one attached hydrogen (secondary N) is 4. The zero-order chi connectivity index (χ0) is 50.4. The van der Waals surface area contributed by atoms with Gasteiger partial charge in [-0.15, -0.1) is 0 Å². The van der Waals surface area contributed by atoms with Gasteiger partial charge in [0.15, 0.2) is 16.6 Å². The highest BCUT2D eigenvalue weighted by Crippen LogP contribution is 2.47. The van der Waals surface area contributed by atoms with Crippen LogP contribution in [0.2, 0.25) is 38.3 Å². The van der Waals surface area contributed by atoms with E-state index in [9.17, 15) is 28.8 Å². The van der Waals surface area contributed by atoms with Crippen molar-refractivity contribution >= 4 is 52.9 Å². The Bertz CT molecular complexity index is 1650. The van der Waals surface area contributed by atoms with Crippen LogP contribution in [-0.2, 0) is 46.9 Å². The summed E-state index contributed by atoms with van der Waals surface area (Å²) < 4.78 is 43.5. The minimum Gasteiger partial charge on any atom is -0.459 e. The molecule has 4 N–H and O–H groups in total. The van der Waals surface area contributed by atoms with Gasteiger partial charge in [0, 0.05) is 43.9 Å². The van der Waals surface area contributed by atoms with E-state index in [4.69, 9.17) is 37.3 Å². The molecule has 2 rings (SSSR count). The first-order chi connectivity index (χ1) is 31.2. The van der Waals surface area contributed by atoms with Gasteiger partial charge in [0.1, 0.15) is 33.0 Å². The van der Waals surface area contributed by atoms with Crippen LogP contribution in [-0.4, -0.2) is 131 Å². The van der Waals surface area contributed by atoms with Gasteiger partial charge in [-0.1, -0.05) is 61.1 Å². The van der Waals surface area contributed by atoms with Gasteiger partial charge in [0.05, 0.1) is 13.2 Å². The fourth-order valence-corrected chi connectivity index (χ4v) is 19.0. The molecule has 0 aromatic rings. The summed E-state index contributed by atoms with van der Waals surface area (Å²) in [5.41, 5.74) is -0.714. The van der Waals surface area contributed by atoms with E-state index < -0.39 is 52.9 Å². The van der Waals surface area contributed by atoms with Crippen LogP contribution in [0.3, 0.4) is 0 Å². The summed E-state index contributed by atoms with van der Waals surface area (Å²) in [6.07, 6.45) is 6.97. The molecule has 18 nitrogen and oxygen atoms in total. The number of carbonyl (C=O) groups excluding carboxylic acids is 6. The monoisotopic (exact) mass is 985 g/mol. The third-order valence-electron chi connectivity index (χ3n) is 11.8. The van der Waals surface area contributed by atoms with Crippen LogP contribution >= 0.6 is 0 Å². The summed E-state index contributed by atoms with van der Waals surface area (Å²) in [6, 6.07) is 1.59. The first-order valence-corrected chi connectivity index (χ1v) is 30.0. The van der Waals surface area contributed by atoms with Gasteiger partial charge in [-0.25, -0.2) is 28.8 Å². The lowest BCUT2D eigenvalue weighted by Gasteiger charge is -2.46. The van der Waals surface area contributed by atoms with E-state index >= 15 is 0 Å². The van der Waals surface area contributed by atoms with Crippen molar-refractivity contribution in [2.45, 2.75) is 150 Å². The molecule has 0 heterocycles. The van der Waals surface area contributed by atoms with Crippen LogP contribution in [0.25, 0.3) is 0 Å². The molecule has 0 aromatic heterocycles. The fourth-order valence-electron chi connectivity index (χ4n) is 10.1. The van der Waals surface area contributed by atoms with Crippen LogP contribution < -0.4 is 21.3 Å². The molecule has 4 amide bonds. The molecule has 0 spiro atoms. The number of rotatable bonds is 28. The van der Waals surface area contributed by atoms with Crippen molar-refractivity contribution in [2.75, 3.05) is 65.9 Å². The lowest BCUT2D eigenvalue weighted by molar-refractivity contribution is -0.139. The second-order valence-electron chi connectivity index (χ2n) is 21.6. The molecule has 2 saturated carbocycles. The minimum atomic E-state index is -1.96. The maximum Gasteiger partial charge on any atom is 0.407 e. The molecule has 0 aromatic carbocycles. The van der Waals surface area contributed by atoms with Gasteiger partial charge in [-0.2, -0.15) is 0 Å². The van der Waals surface area contributed by atoms with E-state index in [1.165, 1.54) is 0 Å². The van der Waals surface area contributed by atoms with Crippen LogP contribution in [0.1, 0.15) is 99.3 Å². The smallest absolute Gasteiger partial charge is 0.407 e. The van der Waals surface area contributed by atoms with Crippen molar-refractivity contribution in [3.63, 3.8) is 0 Å². The topological polar surface area (TPSA) is 224 Å². The molecular formula is C47H84N4O14Si2. The molecule has 2 fully saturated rings. The van der Waals surface area contributed by atoms with Gasteiger partial charge < -0.3 is 58.5 Å². The van der Waals surface area contributed by atoms with Gasteiger partial charge in [0.2, 0.25) is 0 Å². The molecule has 2 aliphatic carbocycles. The second kappa shape index (κ2) is 27.7. The third-order valence-corrected chi connectivity index (χ3v) is 19.3. The van der Waals surface area contributed by atoms with Gasteiger partial charge in [-0.05, 0) is 111 Å². The number of ether oxygens (including phenoxy) is 7. The Labute approximate surface area is 401 Å². The average molecular weight is 985 g/mol. The summed E-state index contributed by atoms with van der Waals surface area (Å²) in [4.78, 5) is 72.4. The highest BCUT2D eigenvalue weighted by atomic mass is 28.4. The van der Waals surface area contributed by atoms with E-state index in [1.54, 1.807) is 0 Å². The molecule has 384 valence electrons. The summed E-state index contributed by atoms with van der Waals surface area (Å²) >= 11 is 0. The Morgan fingerprint density at radius 3 is 1.34 bits per heavy atom. The summed E-state index contributed by atoms with van der Waals surface area (Å²) in [5.74, 6) is -1.16. The van der Waals surface area contributed by atoms with E-state index in [-0.39, 0.29) is 73.4 Å². The lowest BCUT2D eigenvalue weighted by atomic mass is 9.62. The second-order valence-corrected chi connectivity index (χ2v) is 30.4. The number of esters is 2. The van der Waals surface area contributed by atoms with Crippen molar-refractivity contribution in [1.29, 1.82) is 0 Å². The number of hydrogen-bond donors (Lipinski definition) is 4. The molecule has 67 heavy (non-hydrogen) atoms. The normalized spacial score (nSPS) is 22.2. The Kier molecular flexibility index (Phi) is 24.4. The number of carbonyl (C=O) groups is 6. The van der Waals surface area contributed by atoms with Crippen LogP contribution in [0.5, 0.6) is 0 Å². The molecular weight excluding hydrogens is 901 g/mol. The Morgan fingerprint density at radius 1 is 0.507 bits per heavy atom. The highest BCUT2D eigenvalue weighted by Gasteiger charge is 2.43. The first-order valence-electron chi connectivity index (χ1n) is 23.7. The van der Waals surface area contributed by atoms with Crippen molar-refractivity contribution in [3.8, 4) is 0 Å². The van der Waals surface area contributed by atoms with Crippen LogP contribution in [0.4, 0.5) is 19.2 Å². The van der Waals surface area contributed by atoms with Crippen molar-refractivity contribution in [1.82, 2.24) is 21.3 Å². The number of unbranched alkanes of at least 4 members (excludes halogenated alkanes) is 1. The average Bonchev–Trinajstić information content (AvgIpc) is 3.19. The molecule has 2 aliphatic rings. The molecule has 0 aliphatic heterocycles. The van der Waals surface area contributed by atoms with E-state index in [2.05, 4.69) is 102 Å². The zero-order valence-electron chi connectivity index (χ0n) is 42.3. The van der Waals surface area contributed by atoms with Crippen LogP contribution in [0, 0.1) is 21.7 Å². The Balaban J connectivity index is 1.59. The Morgan fingerprint density at radius 2 is 0.896 bits per heavy atom. The predicted octanol–water partition coefficient (Wildman–Crippen LogP) is 8.13. The van der Waals surface area contributed by atoms with Gasteiger partial charge in [-0.3, -0.25) is 0 Å².